The molecular formula is C20H16ClN3O4. The molecule has 0 bridgehead atoms. The lowest BCUT2D eigenvalue weighted by molar-refractivity contribution is -0.384. The zero-order chi connectivity index (χ0) is 20.1. The number of hydrogen-bond acceptors (Lipinski definition) is 5. The maximum atomic E-state index is 12.2. The Morgan fingerprint density at radius 3 is 2.68 bits per heavy atom. The van der Waals surface area contributed by atoms with Crippen LogP contribution in [-0.4, -0.2) is 23.1 Å². The summed E-state index contributed by atoms with van der Waals surface area (Å²) in [4.78, 5) is 22.5. The van der Waals surface area contributed by atoms with Crippen LogP contribution in [0.3, 0.4) is 0 Å². The van der Waals surface area contributed by atoms with Gasteiger partial charge in [-0.1, -0.05) is 48.0 Å². The van der Waals surface area contributed by atoms with Crippen LogP contribution in [-0.2, 0) is 4.79 Å². The molecule has 0 spiro atoms. The topological polar surface area (TPSA) is 93.8 Å². The minimum atomic E-state index is -0.780. The highest BCUT2D eigenvalue weighted by Gasteiger charge is 2.15. The van der Waals surface area contributed by atoms with E-state index >= 15 is 0 Å². The average Bonchev–Trinajstić information content (AvgIpc) is 2.68. The number of carbonyl (C=O) groups is 1. The second-order valence-corrected chi connectivity index (χ2v) is 6.38. The van der Waals surface area contributed by atoms with Gasteiger partial charge in [-0.15, -0.1) is 0 Å². The predicted octanol–water partition coefficient (Wildman–Crippen LogP) is 4.32. The molecule has 3 rings (SSSR count). The smallest absolute Gasteiger partial charge is 0.288 e. The van der Waals surface area contributed by atoms with Crippen molar-refractivity contribution in [2.75, 3.05) is 0 Å². The Morgan fingerprint density at radius 1 is 1.18 bits per heavy atom. The summed E-state index contributed by atoms with van der Waals surface area (Å²) >= 11 is 5.76. The maximum absolute atomic E-state index is 12.2. The largest absolute Gasteiger partial charge is 0.481 e. The monoisotopic (exact) mass is 397 g/mol. The summed E-state index contributed by atoms with van der Waals surface area (Å²) < 4.78 is 5.66. The van der Waals surface area contributed by atoms with Crippen molar-refractivity contribution in [1.29, 1.82) is 0 Å². The number of nitrogens with one attached hydrogen (secondary N) is 1. The highest BCUT2D eigenvalue weighted by atomic mass is 35.5. The second-order valence-electron chi connectivity index (χ2n) is 5.97. The van der Waals surface area contributed by atoms with Crippen molar-refractivity contribution < 1.29 is 14.5 Å². The van der Waals surface area contributed by atoms with E-state index in [1.165, 1.54) is 18.3 Å². The molecule has 0 unspecified atom stereocenters. The zero-order valence-corrected chi connectivity index (χ0v) is 15.6. The lowest BCUT2D eigenvalue weighted by Gasteiger charge is -2.13. The number of amides is 1. The Morgan fingerprint density at radius 2 is 1.93 bits per heavy atom. The first-order chi connectivity index (χ1) is 13.4. The Hall–Kier alpha value is -3.45. The number of nitrogens with zero attached hydrogens (tertiary/aromatic N) is 2. The van der Waals surface area contributed by atoms with Crippen LogP contribution in [0.4, 0.5) is 5.69 Å². The van der Waals surface area contributed by atoms with Gasteiger partial charge in [0.1, 0.15) is 10.8 Å². The second kappa shape index (κ2) is 8.49. The van der Waals surface area contributed by atoms with Crippen molar-refractivity contribution in [1.82, 2.24) is 5.43 Å². The van der Waals surface area contributed by atoms with Gasteiger partial charge in [0, 0.05) is 11.6 Å². The van der Waals surface area contributed by atoms with Gasteiger partial charge >= 0.3 is 0 Å². The van der Waals surface area contributed by atoms with Gasteiger partial charge in [-0.2, -0.15) is 5.10 Å². The van der Waals surface area contributed by atoms with Gasteiger partial charge in [0.2, 0.25) is 0 Å². The molecule has 0 heterocycles. The Labute approximate surface area is 165 Å². The van der Waals surface area contributed by atoms with Gasteiger partial charge in [0.05, 0.1) is 11.1 Å². The van der Waals surface area contributed by atoms with E-state index in [4.69, 9.17) is 16.3 Å². The molecule has 1 amide bonds. The lowest BCUT2D eigenvalue weighted by atomic mass is 10.1. The van der Waals surface area contributed by atoms with E-state index in [1.54, 1.807) is 19.1 Å². The van der Waals surface area contributed by atoms with Crippen LogP contribution in [0, 0.1) is 10.1 Å². The minimum absolute atomic E-state index is 0.0311. The average molecular weight is 398 g/mol. The van der Waals surface area contributed by atoms with Crippen molar-refractivity contribution in [3.63, 3.8) is 0 Å². The van der Waals surface area contributed by atoms with Crippen LogP contribution in [0.2, 0.25) is 5.02 Å². The van der Waals surface area contributed by atoms with Gasteiger partial charge in [0.25, 0.3) is 11.6 Å². The van der Waals surface area contributed by atoms with E-state index < -0.39 is 16.9 Å². The molecule has 0 radical (unpaired) electrons. The van der Waals surface area contributed by atoms with Crippen molar-refractivity contribution >= 4 is 40.2 Å². The number of carbonyl (C=O) groups excluding carboxylic acids is 1. The van der Waals surface area contributed by atoms with E-state index in [0.29, 0.717) is 11.3 Å². The van der Waals surface area contributed by atoms with E-state index in [2.05, 4.69) is 10.5 Å². The molecule has 1 atom stereocenters. The molecular weight excluding hydrogens is 382 g/mol. The molecule has 0 fully saturated rings. The summed E-state index contributed by atoms with van der Waals surface area (Å²) in [6.07, 6.45) is 0.516. The van der Waals surface area contributed by atoms with Crippen molar-refractivity contribution in [3.05, 3.63) is 81.4 Å². The van der Waals surface area contributed by atoms with Gasteiger partial charge in [-0.3, -0.25) is 14.9 Å². The maximum Gasteiger partial charge on any atom is 0.288 e. The van der Waals surface area contributed by atoms with Gasteiger partial charge < -0.3 is 4.74 Å². The first kappa shape index (κ1) is 19.3. The molecule has 142 valence electrons. The van der Waals surface area contributed by atoms with Crippen molar-refractivity contribution in [2.24, 2.45) is 5.10 Å². The number of rotatable bonds is 6. The van der Waals surface area contributed by atoms with Gasteiger partial charge in [0.15, 0.2) is 6.10 Å². The van der Waals surface area contributed by atoms with E-state index in [0.717, 1.165) is 10.8 Å². The van der Waals surface area contributed by atoms with Crippen LogP contribution in [0.5, 0.6) is 5.75 Å². The zero-order valence-electron chi connectivity index (χ0n) is 14.8. The van der Waals surface area contributed by atoms with Crippen LogP contribution in [0.25, 0.3) is 10.8 Å². The van der Waals surface area contributed by atoms with E-state index in [-0.39, 0.29) is 10.7 Å². The summed E-state index contributed by atoms with van der Waals surface area (Å²) in [7, 11) is 0. The fourth-order valence-corrected chi connectivity index (χ4v) is 2.70. The molecule has 7 nitrogen and oxygen atoms in total. The number of hydrogen-bond donors (Lipinski definition) is 1. The fourth-order valence-electron chi connectivity index (χ4n) is 2.51. The standard InChI is InChI=1S/C20H16ClN3O4/c1-13(28-17-8-7-15-4-2-3-5-16(15)11-17)20(25)23-22-12-14-6-9-18(21)19(10-14)24(26)27/h2-13H,1H3,(H,23,25)/b22-12-/t13-/m1/s1. The molecule has 28 heavy (non-hydrogen) atoms. The minimum Gasteiger partial charge on any atom is -0.481 e. The van der Waals surface area contributed by atoms with Crippen molar-refractivity contribution in [3.8, 4) is 5.75 Å². The number of nitro groups is 1. The van der Waals surface area contributed by atoms with E-state index in [1.807, 2.05) is 36.4 Å². The first-order valence-electron chi connectivity index (χ1n) is 8.36. The summed E-state index contributed by atoms with van der Waals surface area (Å²) in [6, 6.07) is 17.6. The van der Waals surface area contributed by atoms with Crippen LogP contribution in [0.1, 0.15) is 12.5 Å². The fraction of sp³-hybridized carbons (Fsp3) is 0.100. The highest BCUT2D eigenvalue weighted by Crippen LogP contribution is 2.24. The Kier molecular flexibility index (Phi) is 5.86. The molecule has 3 aromatic carbocycles. The third kappa shape index (κ3) is 4.63. The lowest BCUT2D eigenvalue weighted by Crippen LogP contribution is -2.33. The number of fused-ring (bicyclic) bond motifs is 1. The first-order valence-corrected chi connectivity index (χ1v) is 8.74. The molecule has 0 saturated heterocycles. The summed E-state index contributed by atoms with van der Waals surface area (Å²) in [5, 5.41) is 16.8. The normalized spacial score (nSPS) is 12.1. The molecule has 0 aliphatic rings. The molecule has 1 N–H and O–H groups in total. The molecule has 8 heteroatoms. The third-order valence-electron chi connectivity index (χ3n) is 3.96. The molecule has 0 aliphatic carbocycles. The van der Waals surface area contributed by atoms with Crippen LogP contribution >= 0.6 is 11.6 Å². The van der Waals surface area contributed by atoms with Crippen LogP contribution < -0.4 is 10.2 Å². The molecule has 0 saturated carbocycles. The number of halogens is 1. The number of ether oxygens (including phenoxy) is 1. The van der Waals surface area contributed by atoms with E-state index in [9.17, 15) is 14.9 Å². The molecule has 0 aliphatic heterocycles. The summed E-state index contributed by atoms with van der Waals surface area (Å²) in [5.41, 5.74) is 2.55. The van der Waals surface area contributed by atoms with Gasteiger partial charge in [-0.25, -0.2) is 5.43 Å². The molecule has 3 aromatic rings. The molecule has 0 aromatic heterocycles. The number of benzene rings is 3. The number of hydrazone groups is 1. The Balaban J connectivity index is 1.61. The quantitative estimate of drug-likeness (QED) is 0.380. The summed E-state index contributed by atoms with van der Waals surface area (Å²) in [6.45, 7) is 1.60. The SMILES string of the molecule is C[C@@H](Oc1ccc2ccccc2c1)C(=O)N/N=C\c1ccc(Cl)c([N+](=O)[O-])c1. The van der Waals surface area contributed by atoms with Gasteiger partial charge in [-0.05, 0) is 35.9 Å². The third-order valence-corrected chi connectivity index (χ3v) is 4.28. The van der Waals surface area contributed by atoms with Crippen LogP contribution in [0.15, 0.2) is 65.8 Å². The summed E-state index contributed by atoms with van der Waals surface area (Å²) in [5.74, 6) is 0.117. The highest BCUT2D eigenvalue weighted by molar-refractivity contribution is 6.32. The predicted molar refractivity (Wildman–Crippen MR) is 108 cm³/mol. The van der Waals surface area contributed by atoms with Crippen molar-refractivity contribution in [2.45, 2.75) is 13.0 Å². The Bertz CT molecular complexity index is 1070. The number of nitro benzene ring substituents is 1.